The monoisotopic (exact) mass is 255 g/mol. The molecule has 0 amide bonds. The number of anilines is 1. The number of hydrogen-bond acceptors (Lipinski definition) is 2. The molecule has 19 heavy (non-hydrogen) atoms. The Balaban J connectivity index is 1.59. The van der Waals surface area contributed by atoms with E-state index in [1.54, 1.807) is 0 Å². The molecule has 0 aliphatic heterocycles. The summed E-state index contributed by atoms with van der Waals surface area (Å²) in [6.07, 6.45) is 1.02. The number of benzene rings is 2. The van der Waals surface area contributed by atoms with Gasteiger partial charge in [-0.2, -0.15) is 0 Å². The van der Waals surface area contributed by atoms with Gasteiger partial charge in [-0.1, -0.05) is 48.5 Å². The van der Waals surface area contributed by atoms with Gasteiger partial charge in [-0.3, -0.25) is 0 Å². The van der Waals surface area contributed by atoms with Crippen LogP contribution in [0.15, 0.2) is 54.6 Å². The van der Waals surface area contributed by atoms with E-state index in [-0.39, 0.29) is 0 Å². The third-order valence-electron chi connectivity index (χ3n) is 3.04. The summed E-state index contributed by atoms with van der Waals surface area (Å²) >= 11 is 0. The first-order chi connectivity index (χ1) is 9.36. The summed E-state index contributed by atoms with van der Waals surface area (Å²) in [5, 5.41) is 3.43. The Hall–Kier alpha value is -1.80. The number of aryl methyl sites for hydroxylation is 1. The molecular formula is C17H21NO. The first-order valence-electron chi connectivity index (χ1n) is 6.77. The molecule has 0 atom stereocenters. The van der Waals surface area contributed by atoms with E-state index < -0.39 is 0 Å². The molecule has 0 heterocycles. The van der Waals surface area contributed by atoms with Crippen molar-refractivity contribution in [3.63, 3.8) is 0 Å². The van der Waals surface area contributed by atoms with E-state index in [2.05, 4.69) is 48.6 Å². The van der Waals surface area contributed by atoms with Crippen molar-refractivity contribution in [2.24, 2.45) is 0 Å². The molecule has 2 aromatic rings. The van der Waals surface area contributed by atoms with Gasteiger partial charge in [0.2, 0.25) is 0 Å². The highest BCUT2D eigenvalue weighted by molar-refractivity contribution is 5.50. The number of para-hydroxylation sites is 1. The topological polar surface area (TPSA) is 21.3 Å². The maximum absolute atomic E-state index is 5.65. The fourth-order valence-corrected chi connectivity index (χ4v) is 1.93. The van der Waals surface area contributed by atoms with Crippen molar-refractivity contribution in [1.82, 2.24) is 0 Å². The quantitative estimate of drug-likeness (QED) is 0.755. The van der Waals surface area contributed by atoms with E-state index in [0.717, 1.165) is 19.6 Å². The average molecular weight is 255 g/mol. The molecule has 0 spiro atoms. The highest BCUT2D eigenvalue weighted by atomic mass is 16.5. The van der Waals surface area contributed by atoms with Crippen molar-refractivity contribution in [1.29, 1.82) is 0 Å². The minimum Gasteiger partial charge on any atom is -0.385 e. The molecule has 0 radical (unpaired) electrons. The summed E-state index contributed by atoms with van der Waals surface area (Å²) in [7, 11) is 0. The minimum atomic E-state index is 0.700. The van der Waals surface area contributed by atoms with Gasteiger partial charge in [-0.15, -0.1) is 0 Å². The van der Waals surface area contributed by atoms with Gasteiger partial charge in [0.05, 0.1) is 6.61 Å². The largest absolute Gasteiger partial charge is 0.385 e. The van der Waals surface area contributed by atoms with Crippen molar-refractivity contribution in [3.05, 3.63) is 65.7 Å². The molecule has 2 aromatic carbocycles. The van der Waals surface area contributed by atoms with E-state index in [9.17, 15) is 0 Å². The smallest absolute Gasteiger partial charge is 0.0716 e. The molecule has 0 fully saturated rings. The Bertz CT molecular complexity index is 482. The second-order valence-electron chi connectivity index (χ2n) is 4.63. The van der Waals surface area contributed by atoms with Crippen LogP contribution in [0.3, 0.4) is 0 Å². The lowest BCUT2D eigenvalue weighted by Gasteiger charge is -2.09. The molecule has 0 saturated carbocycles. The van der Waals surface area contributed by atoms with Gasteiger partial charge in [0.15, 0.2) is 0 Å². The lowest BCUT2D eigenvalue weighted by Crippen LogP contribution is -2.06. The first kappa shape index (κ1) is 13.6. The van der Waals surface area contributed by atoms with Gasteiger partial charge in [0, 0.05) is 18.8 Å². The fourth-order valence-electron chi connectivity index (χ4n) is 1.93. The average Bonchev–Trinajstić information content (AvgIpc) is 2.45. The van der Waals surface area contributed by atoms with Crippen molar-refractivity contribution in [3.8, 4) is 0 Å². The number of rotatable bonds is 7. The molecule has 0 aromatic heterocycles. The Morgan fingerprint density at radius 2 is 1.68 bits per heavy atom. The molecule has 100 valence electrons. The third-order valence-corrected chi connectivity index (χ3v) is 3.04. The Morgan fingerprint density at radius 3 is 2.47 bits per heavy atom. The predicted octanol–water partition coefficient (Wildman–Crippen LogP) is 4.01. The second kappa shape index (κ2) is 7.59. The standard InChI is InChI=1S/C17H21NO/c1-15-8-5-6-11-17(15)18-12-7-13-19-14-16-9-3-2-4-10-16/h2-6,8-11,18H,7,12-14H2,1H3. The summed E-state index contributed by atoms with van der Waals surface area (Å²) in [5.74, 6) is 0. The van der Waals surface area contributed by atoms with Crippen molar-refractivity contribution in [2.75, 3.05) is 18.5 Å². The molecule has 0 aliphatic carbocycles. The molecule has 2 heteroatoms. The normalized spacial score (nSPS) is 10.4. The van der Waals surface area contributed by atoms with E-state index in [1.807, 2.05) is 18.2 Å². The number of hydrogen-bond donors (Lipinski definition) is 1. The molecule has 0 saturated heterocycles. The van der Waals surface area contributed by atoms with Crippen LogP contribution in [0.5, 0.6) is 0 Å². The summed E-state index contributed by atoms with van der Waals surface area (Å²) < 4.78 is 5.65. The fraction of sp³-hybridized carbons (Fsp3) is 0.294. The summed E-state index contributed by atoms with van der Waals surface area (Å²) in [6.45, 7) is 4.55. The Kier molecular flexibility index (Phi) is 5.45. The SMILES string of the molecule is Cc1ccccc1NCCCOCc1ccccc1. The molecule has 0 unspecified atom stereocenters. The highest BCUT2D eigenvalue weighted by Gasteiger charge is 1.96. The lowest BCUT2D eigenvalue weighted by molar-refractivity contribution is 0.120. The molecule has 0 bridgehead atoms. The van der Waals surface area contributed by atoms with Crippen LogP contribution >= 0.6 is 0 Å². The van der Waals surface area contributed by atoms with E-state index in [1.165, 1.54) is 16.8 Å². The van der Waals surface area contributed by atoms with Gasteiger partial charge in [-0.05, 0) is 30.5 Å². The van der Waals surface area contributed by atoms with Gasteiger partial charge in [-0.25, -0.2) is 0 Å². The zero-order chi connectivity index (χ0) is 13.3. The van der Waals surface area contributed by atoms with Crippen LogP contribution in [0.4, 0.5) is 5.69 Å². The van der Waals surface area contributed by atoms with Crippen LogP contribution in [0.2, 0.25) is 0 Å². The van der Waals surface area contributed by atoms with Crippen LogP contribution in [0.1, 0.15) is 17.5 Å². The van der Waals surface area contributed by atoms with Gasteiger partial charge in [0.1, 0.15) is 0 Å². The van der Waals surface area contributed by atoms with Crippen LogP contribution in [-0.2, 0) is 11.3 Å². The van der Waals surface area contributed by atoms with Gasteiger partial charge in [0.25, 0.3) is 0 Å². The first-order valence-corrected chi connectivity index (χ1v) is 6.77. The lowest BCUT2D eigenvalue weighted by atomic mass is 10.2. The van der Waals surface area contributed by atoms with Gasteiger partial charge < -0.3 is 10.1 Å². The number of ether oxygens (including phenoxy) is 1. The van der Waals surface area contributed by atoms with Crippen LogP contribution in [-0.4, -0.2) is 13.2 Å². The molecular weight excluding hydrogens is 234 g/mol. The van der Waals surface area contributed by atoms with Crippen LogP contribution in [0.25, 0.3) is 0 Å². The molecule has 2 rings (SSSR count). The second-order valence-corrected chi connectivity index (χ2v) is 4.63. The van der Waals surface area contributed by atoms with Crippen molar-refractivity contribution >= 4 is 5.69 Å². The number of nitrogens with one attached hydrogen (secondary N) is 1. The van der Waals surface area contributed by atoms with E-state index in [4.69, 9.17) is 4.74 Å². The predicted molar refractivity (Wildman–Crippen MR) is 80.4 cm³/mol. The summed E-state index contributed by atoms with van der Waals surface area (Å²) in [6, 6.07) is 18.6. The zero-order valence-electron chi connectivity index (χ0n) is 11.4. The van der Waals surface area contributed by atoms with E-state index >= 15 is 0 Å². The van der Waals surface area contributed by atoms with Gasteiger partial charge >= 0.3 is 0 Å². The highest BCUT2D eigenvalue weighted by Crippen LogP contribution is 2.12. The maximum atomic E-state index is 5.65. The van der Waals surface area contributed by atoms with Crippen LogP contribution in [0, 0.1) is 6.92 Å². The minimum absolute atomic E-state index is 0.700. The van der Waals surface area contributed by atoms with Crippen LogP contribution < -0.4 is 5.32 Å². The van der Waals surface area contributed by atoms with Crippen molar-refractivity contribution < 1.29 is 4.74 Å². The van der Waals surface area contributed by atoms with E-state index in [0.29, 0.717) is 6.61 Å². The molecule has 2 nitrogen and oxygen atoms in total. The molecule has 1 N–H and O–H groups in total. The molecule has 0 aliphatic rings. The maximum Gasteiger partial charge on any atom is 0.0716 e. The third kappa shape index (κ3) is 4.76. The summed E-state index contributed by atoms with van der Waals surface area (Å²) in [4.78, 5) is 0. The summed E-state index contributed by atoms with van der Waals surface area (Å²) in [5.41, 5.74) is 3.73. The zero-order valence-corrected chi connectivity index (χ0v) is 11.4. The Labute approximate surface area is 115 Å². The van der Waals surface area contributed by atoms with Crippen molar-refractivity contribution in [2.45, 2.75) is 20.0 Å². The Morgan fingerprint density at radius 1 is 0.947 bits per heavy atom.